The quantitative estimate of drug-likeness (QED) is 0.462. The summed E-state index contributed by atoms with van der Waals surface area (Å²) >= 11 is 0. The molecule has 4 N–H and O–H groups in total. The van der Waals surface area contributed by atoms with Crippen LogP contribution in [0.15, 0.2) is 54.6 Å². The summed E-state index contributed by atoms with van der Waals surface area (Å²) in [5.41, 5.74) is 7.49. The number of alkyl halides is 2. The molecule has 3 atom stereocenters. The molecule has 0 bridgehead atoms. The number of carbonyl (C=O) groups excluding carboxylic acids is 1. The van der Waals surface area contributed by atoms with Gasteiger partial charge in [0.15, 0.2) is 0 Å². The summed E-state index contributed by atoms with van der Waals surface area (Å²) in [6.45, 7) is 4.04. The van der Waals surface area contributed by atoms with Crippen molar-refractivity contribution in [2.24, 2.45) is 11.7 Å². The van der Waals surface area contributed by atoms with Crippen LogP contribution in [0.4, 0.5) is 8.78 Å². The average Bonchev–Trinajstić information content (AvgIpc) is 2.78. The predicted octanol–water partition coefficient (Wildman–Crippen LogP) is 2.92. The van der Waals surface area contributed by atoms with Gasteiger partial charge in [-0.2, -0.15) is 8.78 Å². The van der Waals surface area contributed by atoms with Crippen LogP contribution in [0.3, 0.4) is 0 Å². The summed E-state index contributed by atoms with van der Waals surface area (Å²) < 4.78 is 39.8. The van der Waals surface area contributed by atoms with Crippen molar-refractivity contribution in [2.45, 2.75) is 51.0 Å². The Morgan fingerprint density at radius 2 is 1.72 bits per heavy atom. The van der Waals surface area contributed by atoms with Crippen LogP contribution in [-0.4, -0.2) is 48.8 Å². The molecule has 2 aromatic rings. The highest BCUT2D eigenvalue weighted by Gasteiger charge is 2.49. The van der Waals surface area contributed by atoms with Crippen LogP contribution in [0.2, 0.25) is 0 Å². The van der Waals surface area contributed by atoms with Crippen LogP contribution < -0.4 is 15.8 Å². The number of carbonyl (C=O) groups is 1. The SMILES string of the molecule is COC[C@H](NC(=O)C(F)(F)C(O)C(N)Cc1ccc(OCc2ccccc2)cc1)C(C)C. The molecule has 0 fully saturated rings. The predicted molar refractivity (Wildman–Crippen MR) is 118 cm³/mol. The van der Waals surface area contributed by atoms with E-state index in [1.165, 1.54) is 7.11 Å². The summed E-state index contributed by atoms with van der Waals surface area (Å²) in [7, 11) is 1.42. The Balaban J connectivity index is 1.93. The molecule has 6 nitrogen and oxygen atoms in total. The smallest absolute Gasteiger partial charge is 0.351 e. The van der Waals surface area contributed by atoms with Gasteiger partial charge >= 0.3 is 5.92 Å². The molecule has 32 heavy (non-hydrogen) atoms. The number of methoxy groups -OCH3 is 1. The normalized spacial score (nSPS) is 14.6. The van der Waals surface area contributed by atoms with Crippen molar-refractivity contribution < 1.29 is 28.2 Å². The van der Waals surface area contributed by atoms with Crippen LogP contribution in [0, 0.1) is 5.92 Å². The highest BCUT2D eigenvalue weighted by molar-refractivity contribution is 5.84. The molecule has 176 valence electrons. The molecule has 2 unspecified atom stereocenters. The monoisotopic (exact) mass is 450 g/mol. The molecular weight excluding hydrogens is 418 g/mol. The lowest BCUT2D eigenvalue weighted by Gasteiger charge is -2.29. The summed E-state index contributed by atoms with van der Waals surface area (Å²) in [4.78, 5) is 12.1. The number of nitrogens with one attached hydrogen (secondary N) is 1. The second-order valence-electron chi connectivity index (χ2n) is 8.13. The number of hydrogen-bond acceptors (Lipinski definition) is 5. The minimum absolute atomic E-state index is 0.0331. The summed E-state index contributed by atoms with van der Waals surface area (Å²) in [5, 5.41) is 12.4. The van der Waals surface area contributed by atoms with Gasteiger partial charge in [0.05, 0.1) is 12.6 Å². The van der Waals surface area contributed by atoms with E-state index in [2.05, 4.69) is 5.32 Å². The Morgan fingerprint density at radius 3 is 2.28 bits per heavy atom. The van der Waals surface area contributed by atoms with E-state index in [0.29, 0.717) is 17.9 Å². The van der Waals surface area contributed by atoms with Gasteiger partial charge in [0.1, 0.15) is 18.5 Å². The van der Waals surface area contributed by atoms with E-state index in [1.54, 1.807) is 38.1 Å². The molecule has 0 aliphatic rings. The maximum absolute atomic E-state index is 14.6. The Hall–Kier alpha value is -2.55. The van der Waals surface area contributed by atoms with Gasteiger partial charge in [0.2, 0.25) is 0 Å². The van der Waals surface area contributed by atoms with Crippen LogP contribution in [0.25, 0.3) is 0 Å². The summed E-state index contributed by atoms with van der Waals surface area (Å²) in [5.74, 6) is -5.11. The van der Waals surface area contributed by atoms with Crippen LogP contribution in [-0.2, 0) is 22.6 Å². The fourth-order valence-corrected chi connectivity index (χ4v) is 3.09. The maximum Gasteiger partial charge on any atom is 0.351 e. The van der Waals surface area contributed by atoms with Crippen molar-refractivity contribution in [2.75, 3.05) is 13.7 Å². The topological polar surface area (TPSA) is 93.8 Å². The van der Waals surface area contributed by atoms with Crippen molar-refractivity contribution in [3.05, 3.63) is 65.7 Å². The molecule has 1 amide bonds. The first-order chi connectivity index (χ1) is 15.1. The molecule has 0 heterocycles. The van der Waals surface area contributed by atoms with Gasteiger partial charge in [-0.15, -0.1) is 0 Å². The molecule has 8 heteroatoms. The Kier molecular flexibility index (Phi) is 9.56. The number of benzene rings is 2. The molecule has 0 aliphatic heterocycles. The minimum atomic E-state index is -4.04. The average molecular weight is 451 g/mol. The molecule has 0 radical (unpaired) electrons. The van der Waals surface area contributed by atoms with Gasteiger partial charge in [-0.3, -0.25) is 4.79 Å². The molecule has 0 aromatic heterocycles. The van der Waals surface area contributed by atoms with E-state index in [0.717, 1.165) is 5.56 Å². The zero-order valence-corrected chi connectivity index (χ0v) is 18.6. The van der Waals surface area contributed by atoms with Gasteiger partial charge in [-0.1, -0.05) is 56.3 Å². The van der Waals surface area contributed by atoms with Gasteiger partial charge in [0, 0.05) is 13.2 Å². The van der Waals surface area contributed by atoms with Gasteiger partial charge < -0.3 is 25.6 Å². The van der Waals surface area contributed by atoms with E-state index >= 15 is 0 Å². The zero-order valence-electron chi connectivity index (χ0n) is 18.6. The number of halogens is 2. The highest BCUT2D eigenvalue weighted by atomic mass is 19.3. The third-order valence-corrected chi connectivity index (χ3v) is 5.19. The molecule has 0 aliphatic carbocycles. The number of nitrogens with two attached hydrogens (primary N) is 1. The van der Waals surface area contributed by atoms with E-state index in [9.17, 15) is 18.7 Å². The van der Waals surface area contributed by atoms with E-state index in [4.69, 9.17) is 15.2 Å². The van der Waals surface area contributed by atoms with Crippen molar-refractivity contribution in [3.8, 4) is 5.75 Å². The standard InChI is InChI=1S/C24H32F2N2O4/c1-16(2)21(15-31-3)28-23(30)24(25,26)22(29)20(27)13-17-9-11-19(12-10-17)32-14-18-7-5-4-6-8-18/h4-12,16,20-22,29H,13-15,27H2,1-3H3,(H,28,30)/t20?,21-,22?/m0/s1. The van der Waals surface area contributed by atoms with Crippen LogP contribution >= 0.6 is 0 Å². The first-order valence-electron chi connectivity index (χ1n) is 10.5. The number of ether oxygens (including phenoxy) is 2. The highest BCUT2D eigenvalue weighted by Crippen LogP contribution is 2.24. The Morgan fingerprint density at radius 1 is 1.09 bits per heavy atom. The summed E-state index contributed by atoms with van der Waals surface area (Å²) in [6, 6.07) is 14.5. The van der Waals surface area contributed by atoms with Gasteiger partial charge in [-0.05, 0) is 35.6 Å². The molecule has 0 saturated carbocycles. The lowest BCUT2D eigenvalue weighted by Crippen LogP contribution is -2.58. The third kappa shape index (κ3) is 7.25. The van der Waals surface area contributed by atoms with Gasteiger partial charge in [-0.25, -0.2) is 0 Å². The second-order valence-corrected chi connectivity index (χ2v) is 8.13. The minimum Gasteiger partial charge on any atom is -0.489 e. The molecule has 2 aromatic carbocycles. The third-order valence-electron chi connectivity index (χ3n) is 5.19. The summed E-state index contributed by atoms with van der Waals surface area (Å²) in [6.07, 6.45) is -2.37. The van der Waals surface area contributed by atoms with E-state index < -0.39 is 30.0 Å². The van der Waals surface area contributed by atoms with Crippen LogP contribution in [0.1, 0.15) is 25.0 Å². The largest absolute Gasteiger partial charge is 0.489 e. The van der Waals surface area contributed by atoms with Crippen molar-refractivity contribution in [3.63, 3.8) is 0 Å². The number of rotatable bonds is 12. The number of amides is 1. The van der Waals surface area contributed by atoms with Crippen molar-refractivity contribution in [1.82, 2.24) is 5.32 Å². The fraction of sp³-hybridized carbons (Fsp3) is 0.458. The van der Waals surface area contributed by atoms with E-state index in [1.807, 2.05) is 30.3 Å². The molecule has 2 rings (SSSR count). The molecular formula is C24H32F2N2O4. The van der Waals surface area contributed by atoms with Crippen molar-refractivity contribution >= 4 is 5.91 Å². The Labute approximate surface area is 187 Å². The first-order valence-corrected chi connectivity index (χ1v) is 10.5. The fourth-order valence-electron chi connectivity index (χ4n) is 3.09. The lowest BCUT2D eigenvalue weighted by atomic mass is 9.96. The second kappa shape index (κ2) is 11.9. The molecule has 0 saturated heterocycles. The maximum atomic E-state index is 14.6. The van der Waals surface area contributed by atoms with Crippen molar-refractivity contribution in [1.29, 1.82) is 0 Å². The first kappa shape index (κ1) is 25.7. The van der Waals surface area contributed by atoms with Gasteiger partial charge in [0.25, 0.3) is 5.91 Å². The zero-order chi connectivity index (χ0) is 23.7. The number of aliphatic hydroxyl groups is 1. The van der Waals surface area contributed by atoms with E-state index in [-0.39, 0.29) is 18.9 Å². The molecule has 0 spiro atoms. The van der Waals surface area contributed by atoms with Crippen LogP contribution in [0.5, 0.6) is 5.75 Å². The Bertz CT molecular complexity index is 832. The lowest BCUT2D eigenvalue weighted by molar-refractivity contribution is -0.167. The number of aliphatic hydroxyl groups excluding tert-OH is 1. The number of hydrogen-bond donors (Lipinski definition) is 3.